The molecule has 0 aliphatic heterocycles. The third kappa shape index (κ3) is 5.71. The molecule has 1 heterocycles. The molecule has 9 heteroatoms. The Labute approximate surface area is 314 Å². The SMILES string of the molecule is COC(=O)[C@@]1(C)CC[C@]2(C)CC[C@]3(C)C(=CC(=O)[C@@H]4[C@@]5(C)CC[C@H](OC(=O)CCn6c(CCC(=O)O)nc7ccccc76)C(C)(C)[C@@H]5CC[C@]43C)[C@@H]2C1. The van der Waals surface area contributed by atoms with Crippen LogP contribution in [0.25, 0.3) is 11.0 Å². The number of aliphatic carboxylic acids is 1. The van der Waals surface area contributed by atoms with Crippen molar-refractivity contribution >= 4 is 34.7 Å². The maximum absolute atomic E-state index is 14.8. The van der Waals surface area contributed by atoms with Crippen LogP contribution < -0.4 is 0 Å². The molecule has 9 nitrogen and oxygen atoms in total. The van der Waals surface area contributed by atoms with E-state index in [4.69, 9.17) is 9.47 Å². The van der Waals surface area contributed by atoms with Gasteiger partial charge in [0.15, 0.2) is 5.78 Å². The smallest absolute Gasteiger partial charge is 0.311 e. The number of carbonyl (C=O) groups excluding carboxylic acids is 3. The highest BCUT2D eigenvalue weighted by atomic mass is 16.5. The number of ether oxygens (including phenoxy) is 2. The van der Waals surface area contributed by atoms with Gasteiger partial charge < -0.3 is 19.1 Å². The Morgan fingerprint density at radius 2 is 1.64 bits per heavy atom. The van der Waals surface area contributed by atoms with Gasteiger partial charge in [0.2, 0.25) is 0 Å². The van der Waals surface area contributed by atoms with Gasteiger partial charge in [-0.2, -0.15) is 0 Å². The first-order valence-corrected chi connectivity index (χ1v) is 20.0. The van der Waals surface area contributed by atoms with Crippen molar-refractivity contribution in [2.45, 2.75) is 138 Å². The molecular weight excluding hydrogens is 668 g/mol. The van der Waals surface area contributed by atoms with Gasteiger partial charge in [-0.3, -0.25) is 19.2 Å². The fraction of sp³-hybridized carbons (Fsp3) is 0.705. The van der Waals surface area contributed by atoms with Crippen molar-refractivity contribution in [2.24, 2.45) is 50.2 Å². The van der Waals surface area contributed by atoms with Gasteiger partial charge in [0.1, 0.15) is 11.9 Å². The number of ketones is 1. The van der Waals surface area contributed by atoms with Crippen LogP contribution in [0.4, 0.5) is 0 Å². The van der Waals surface area contributed by atoms with E-state index in [2.05, 4.69) is 59.5 Å². The first kappa shape index (κ1) is 37.8. The standard InChI is InChI=1S/C44H60N2O7/c1-39(2)32-15-19-44(7)37(31(47)25-27-28-26-41(4,38(51)52-8)21-20-40(28,3)22-23-43(27,44)6)42(32,5)18-16-33(39)53-36(50)17-24-46-30-12-10-9-11-29(30)45-34(46)13-14-35(48)49/h9-12,25,28,32-33,37H,13-24,26H2,1-8H3,(H,48,49)/t28-,32-,33-,37+,40+,41-,42-,43+,44+/m0/s1. The molecule has 7 rings (SSSR count). The van der Waals surface area contributed by atoms with Gasteiger partial charge in [0.05, 0.1) is 36.4 Å². The van der Waals surface area contributed by atoms with E-state index in [1.807, 2.05) is 28.8 Å². The Morgan fingerprint density at radius 3 is 2.36 bits per heavy atom. The third-order valence-electron chi connectivity index (χ3n) is 16.3. The third-order valence-corrected chi connectivity index (χ3v) is 16.3. The molecule has 0 amide bonds. The molecule has 1 aromatic carbocycles. The molecule has 0 saturated heterocycles. The lowest BCUT2D eigenvalue weighted by molar-refractivity contribution is -0.211. The summed E-state index contributed by atoms with van der Waals surface area (Å²) < 4.78 is 13.6. The average Bonchev–Trinajstić information content (AvgIpc) is 3.46. The average molecular weight is 729 g/mol. The van der Waals surface area contributed by atoms with E-state index < -0.39 is 11.4 Å². The van der Waals surface area contributed by atoms with E-state index in [-0.39, 0.29) is 87.9 Å². The molecule has 1 N–H and O–H groups in total. The van der Waals surface area contributed by atoms with Gasteiger partial charge in [-0.15, -0.1) is 0 Å². The number of aryl methyl sites for hydroxylation is 2. The first-order chi connectivity index (χ1) is 24.8. The Balaban J connectivity index is 1.11. The van der Waals surface area contributed by atoms with Crippen LogP contribution in [0.15, 0.2) is 35.9 Å². The first-order valence-electron chi connectivity index (χ1n) is 20.0. The van der Waals surface area contributed by atoms with Gasteiger partial charge >= 0.3 is 17.9 Å². The molecule has 0 radical (unpaired) electrons. The molecular formula is C44H60N2O7. The molecule has 288 valence electrons. The highest BCUT2D eigenvalue weighted by Gasteiger charge is 2.70. The number of fused-ring (bicyclic) bond motifs is 8. The number of imidazole rings is 1. The number of esters is 2. The zero-order valence-corrected chi connectivity index (χ0v) is 33.2. The fourth-order valence-corrected chi connectivity index (χ4v) is 13.0. The summed E-state index contributed by atoms with van der Waals surface area (Å²) in [5.41, 5.74) is 1.53. The quantitative estimate of drug-likeness (QED) is 0.268. The molecule has 0 unspecified atom stereocenters. The Morgan fingerprint density at radius 1 is 0.925 bits per heavy atom. The van der Waals surface area contributed by atoms with E-state index in [0.29, 0.717) is 18.8 Å². The number of aromatic nitrogens is 2. The van der Waals surface area contributed by atoms with Crippen LogP contribution in [0.5, 0.6) is 0 Å². The number of benzene rings is 1. The second-order valence-corrected chi connectivity index (χ2v) is 19.4. The minimum Gasteiger partial charge on any atom is -0.481 e. The summed E-state index contributed by atoms with van der Waals surface area (Å²) in [6, 6.07) is 7.68. The molecule has 0 bridgehead atoms. The summed E-state index contributed by atoms with van der Waals surface area (Å²) in [4.78, 5) is 57.4. The summed E-state index contributed by atoms with van der Waals surface area (Å²) in [7, 11) is 1.49. The Bertz CT molecular complexity index is 1880. The van der Waals surface area contributed by atoms with Crippen molar-refractivity contribution < 1.29 is 33.8 Å². The molecule has 2 aromatic rings. The highest BCUT2D eigenvalue weighted by molar-refractivity contribution is 5.95. The largest absolute Gasteiger partial charge is 0.481 e. The minimum absolute atomic E-state index is 0.0300. The maximum atomic E-state index is 14.8. The molecule has 9 atom stereocenters. The number of allylic oxidation sites excluding steroid dienone is 2. The maximum Gasteiger partial charge on any atom is 0.311 e. The van der Waals surface area contributed by atoms with E-state index in [1.165, 1.54) is 12.7 Å². The molecule has 4 fully saturated rings. The van der Waals surface area contributed by atoms with Crippen molar-refractivity contribution in [3.8, 4) is 0 Å². The van der Waals surface area contributed by atoms with Crippen molar-refractivity contribution in [3.05, 3.63) is 41.7 Å². The van der Waals surface area contributed by atoms with Gasteiger partial charge in [-0.1, -0.05) is 59.2 Å². The van der Waals surface area contributed by atoms with Crippen LogP contribution in [0.3, 0.4) is 0 Å². The summed E-state index contributed by atoms with van der Waals surface area (Å²) >= 11 is 0. The van der Waals surface area contributed by atoms with Gasteiger partial charge in [-0.25, -0.2) is 4.98 Å². The lowest BCUT2D eigenvalue weighted by Crippen LogP contribution is -2.66. The topological polar surface area (TPSA) is 125 Å². The second-order valence-electron chi connectivity index (χ2n) is 19.4. The number of para-hydroxylation sites is 2. The van der Waals surface area contributed by atoms with E-state index in [1.54, 1.807) is 0 Å². The molecule has 0 spiro atoms. The molecule has 4 saturated carbocycles. The summed E-state index contributed by atoms with van der Waals surface area (Å²) in [6.07, 6.45) is 10.3. The number of carboxylic acid groups (broad SMARTS) is 1. The summed E-state index contributed by atoms with van der Waals surface area (Å²) in [5.74, 6) is -0.127. The number of hydrogen-bond donors (Lipinski definition) is 1. The lowest BCUT2D eigenvalue weighted by Gasteiger charge is -2.70. The molecule has 5 aliphatic carbocycles. The zero-order valence-electron chi connectivity index (χ0n) is 33.2. The fourth-order valence-electron chi connectivity index (χ4n) is 13.0. The van der Waals surface area contributed by atoms with Crippen LogP contribution in [-0.4, -0.2) is 51.6 Å². The van der Waals surface area contributed by atoms with E-state index in [9.17, 15) is 24.3 Å². The predicted octanol–water partition coefficient (Wildman–Crippen LogP) is 8.51. The van der Waals surface area contributed by atoms with Crippen molar-refractivity contribution in [1.29, 1.82) is 0 Å². The van der Waals surface area contributed by atoms with Crippen LogP contribution in [0.1, 0.15) is 125 Å². The monoisotopic (exact) mass is 728 g/mol. The number of rotatable bonds is 8. The Hall–Kier alpha value is -3.49. The Kier molecular flexibility index (Phi) is 9.13. The van der Waals surface area contributed by atoms with Crippen LogP contribution >= 0.6 is 0 Å². The van der Waals surface area contributed by atoms with Crippen LogP contribution in [0, 0.1) is 50.2 Å². The second kappa shape index (κ2) is 12.8. The number of nitrogens with zero attached hydrogens (tertiary/aromatic N) is 2. The molecule has 5 aliphatic rings. The van der Waals surface area contributed by atoms with Crippen molar-refractivity contribution in [2.75, 3.05) is 7.11 Å². The summed E-state index contributed by atoms with van der Waals surface area (Å²) in [5, 5.41) is 9.29. The molecule has 53 heavy (non-hydrogen) atoms. The molecule has 1 aromatic heterocycles. The predicted molar refractivity (Wildman–Crippen MR) is 202 cm³/mol. The van der Waals surface area contributed by atoms with Crippen LogP contribution in [-0.2, 0) is 41.6 Å². The van der Waals surface area contributed by atoms with Gasteiger partial charge in [0.25, 0.3) is 0 Å². The zero-order chi connectivity index (χ0) is 38.4. The van der Waals surface area contributed by atoms with Crippen molar-refractivity contribution in [3.63, 3.8) is 0 Å². The number of hydrogen-bond acceptors (Lipinski definition) is 7. The van der Waals surface area contributed by atoms with Crippen molar-refractivity contribution in [1.82, 2.24) is 9.55 Å². The normalized spacial score (nSPS) is 38.8. The number of carbonyl (C=O) groups is 4. The lowest BCUT2D eigenvalue weighted by atomic mass is 9.33. The van der Waals surface area contributed by atoms with Crippen LogP contribution in [0.2, 0.25) is 0 Å². The van der Waals surface area contributed by atoms with E-state index in [0.717, 1.165) is 62.4 Å². The van der Waals surface area contributed by atoms with Gasteiger partial charge in [-0.05, 0) is 116 Å². The number of methoxy groups -OCH3 is 1. The van der Waals surface area contributed by atoms with Gasteiger partial charge in [0, 0.05) is 24.3 Å². The summed E-state index contributed by atoms with van der Waals surface area (Å²) in [6.45, 7) is 16.5. The van der Waals surface area contributed by atoms with E-state index >= 15 is 0 Å². The highest BCUT2D eigenvalue weighted by Crippen LogP contribution is 2.75. The minimum atomic E-state index is -0.882. The number of carboxylic acids is 1.